The third kappa shape index (κ3) is 7.70. The Balaban J connectivity index is 3.15. The van der Waals surface area contributed by atoms with Crippen LogP contribution in [0.2, 0.25) is 0 Å². The number of carbonyl (C=O) groups excluding carboxylic acids is 1. The Labute approximate surface area is 60.7 Å². The van der Waals surface area contributed by atoms with E-state index in [0.29, 0.717) is 0 Å². The number of hydrogen-bond donors (Lipinski definition) is 0. The van der Waals surface area contributed by atoms with Crippen LogP contribution in [0.5, 0.6) is 0 Å². The van der Waals surface area contributed by atoms with E-state index in [2.05, 4.69) is 6.92 Å². The van der Waals surface area contributed by atoms with Crippen molar-refractivity contribution >= 4 is 16.8 Å². The SMILES string of the molecule is CCCC/C=C\C(=O)Cl. The molecule has 0 rings (SSSR count). The van der Waals surface area contributed by atoms with Gasteiger partial charge in [0.2, 0.25) is 5.24 Å². The highest BCUT2D eigenvalue weighted by Gasteiger charge is 1.83. The predicted octanol–water partition coefficient (Wildman–Crippen LogP) is 2.50. The van der Waals surface area contributed by atoms with E-state index in [4.69, 9.17) is 11.6 Å². The summed E-state index contributed by atoms with van der Waals surface area (Å²) in [4.78, 5) is 10.1. The van der Waals surface area contributed by atoms with Gasteiger partial charge in [0.05, 0.1) is 0 Å². The molecule has 0 fully saturated rings. The van der Waals surface area contributed by atoms with Crippen molar-refractivity contribution in [3.05, 3.63) is 12.2 Å². The van der Waals surface area contributed by atoms with E-state index in [9.17, 15) is 4.79 Å². The van der Waals surface area contributed by atoms with Crippen molar-refractivity contribution in [2.24, 2.45) is 0 Å². The van der Waals surface area contributed by atoms with Gasteiger partial charge in [-0.1, -0.05) is 25.8 Å². The number of hydrogen-bond acceptors (Lipinski definition) is 1. The molecule has 0 radical (unpaired) electrons. The zero-order valence-corrected chi connectivity index (χ0v) is 6.32. The molecule has 0 aliphatic carbocycles. The fraction of sp³-hybridized carbons (Fsp3) is 0.571. The van der Waals surface area contributed by atoms with E-state index >= 15 is 0 Å². The molecule has 52 valence electrons. The Bertz CT molecular complexity index is 107. The molecule has 0 aromatic heterocycles. The minimum atomic E-state index is -0.383. The lowest BCUT2D eigenvalue weighted by atomic mass is 10.2. The fourth-order valence-corrected chi connectivity index (χ4v) is 0.587. The van der Waals surface area contributed by atoms with Gasteiger partial charge < -0.3 is 0 Å². The second-order valence-electron chi connectivity index (χ2n) is 1.85. The van der Waals surface area contributed by atoms with Crippen LogP contribution in [-0.4, -0.2) is 5.24 Å². The van der Waals surface area contributed by atoms with Gasteiger partial charge in [0.15, 0.2) is 0 Å². The van der Waals surface area contributed by atoms with Crippen LogP contribution in [0.15, 0.2) is 12.2 Å². The summed E-state index contributed by atoms with van der Waals surface area (Å²) in [6, 6.07) is 0. The molecule has 0 spiro atoms. The Morgan fingerprint density at radius 1 is 1.67 bits per heavy atom. The molecule has 0 atom stereocenters. The summed E-state index contributed by atoms with van der Waals surface area (Å²) in [5, 5.41) is -0.383. The number of carbonyl (C=O) groups is 1. The van der Waals surface area contributed by atoms with Gasteiger partial charge in [-0.15, -0.1) is 0 Å². The molecule has 0 aliphatic heterocycles. The van der Waals surface area contributed by atoms with Gasteiger partial charge in [-0.3, -0.25) is 4.79 Å². The molecule has 0 unspecified atom stereocenters. The molecule has 0 saturated heterocycles. The van der Waals surface area contributed by atoms with Gasteiger partial charge >= 0.3 is 0 Å². The maximum Gasteiger partial charge on any atom is 0.244 e. The fourth-order valence-electron chi connectivity index (χ4n) is 0.498. The van der Waals surface area contributed by atoms with Crippen molar-refractivity contribution in [1.82, 2.24) is 0 Å². The largest absolute Gasteiger partial charge is 0.276 e. The molecular weight excluding hydrogens is 136 g/mol. The lowest BCUT2D eigenvalue weighted by Crippen LogP contribution is -1.74. The molecule has 0 aliphatic rings. The van der Waals surface area contributed by atoms with Crippen molar-refractivity contribution in [3.63, 3.8) is 0 Å². The highest BCUT2D eigenvalue weighted by Crippen LogP contribution is 1.95. The Morgan fingerprint density at radius 2 is 2.33 bits per heavy atom. The average molecular weight is 147 g/mol. The standard InChI is InChI=1S/C7H11ClO/c1-2-3-4-5-6-7(8)9/h5-6H,2-4H2,1H3/b6-5-. The van der Waals surface area contributed by atoms with E-state index in [1.165, 1.54) is 6.08 Å². The topological polar surface area (TPSA) is 17.1 Å². The van der Waals surface area contributed by atoms with Crippen LogP contribution in [0.1, 0.15) is 26.2 Å². The second kappa shape index (κ2) is 5.83. The Kier molecular flexibility index (Phi) is 5.64. The van der Waals surface area contributed by atoms with Crippen molar-refractivity contribution in [3.8, 4) is 0 Å². The van der Waals surface area contributed by atoms with Gasteiger partial charge in [0.1, 0.15) is 0 Å². The zero-order chi connectivity index (χ0) is 7.11. The van der Waals surface area contributed by atoms with Crippen LogP contribution in [0.25, 0.3) is 0 Å². The van der Waals surface area contributed by atoms with E-state index in [1.807, 2.05) is 0 Å². The van der Waals surface area contributed by atoms with Crippen molar-refractivity contribution in [2.75, 3.05) is 0 Å². The summed E-state index contributed by atoms with van der Waals surface area (Å²) in [5.41, 5.74) is 0. The van der Waals surface area contributed by atoms with Crippen molar-refractivity contribution in [2.45, 2.75) is 26.2 Å². The highest BCUT2D eigenvalue weighted by molar-refractivity contribution is 6.66. The van der Waals surface area contributed by atoms with Crippen LogP contribution in [0.3, 0.4) is 0 Å². The summed E-state index contributed by atoms with van der Waals surface area (Å²) in [6.07, 6.45) is 6.44. The van der Waals surface area contributed by atoms with Crippen LogP contribution in [0, 0.1) is 0 Å². The molecule has 0 aromatic carbocycles. The monoisotopic (exact) mass is 146 g/mol. The first-order valence-corrected chi connectivity index (χ1v) is 3.51. The van der Waals surface area contributed by atoms with Gasteiger partial charge in [-0.05, 0) is 24.1 Å². The van der Waals surface area contributed by atoms with Crippen LogP contribution in [0.4, 0.5) is 0 Å². The molecule has 0 bridgehead atoms. The summed E-state index contributed by atoms with van der Waals surface area (Å²) in [5.74, 6) is 0. The zero-order valence-electron chi connectivity index (χ0n) is 5.56. The third-order valence-electron chi connectivity index (χ3n) is 0.973. The van der Waals surface area contributed by atoms with Crippen molar-refractivity contribution in [1.29, 1.82) is 0 Å². The number of halogens is 1. The predicted molar refractivity (Wildman–Crippen MR) is 39.5 cm³/mol. The molecule has 0 saturated carbocycles. The van der Waals surface area contributed by atoms with E-state index in [1.54, 1.807) is 6.08 Å². The number of rotatable bonds is 4. The van der Waals surface area contributed by atoms with E-state index < -0.39 is 0 Å². The van der Waals surface area contributed by atoms with Gasteiger partial charge in [-0.2, -0.15) is 0 Å². The summed E-state index contributed by atoms with van der Waals surface area (Å²) in [7, 11) is 0. The molecule has 2 heteroatoms. The molecule has 0 amide bonds. The molecule has 1 nitrogen and oxygen atoms in total. The molecular formula is C7H11ClO. The summed E-state index contributed by atoms with van der Waals surface area (Å²) in [6.45, 7) is 2.11. The van der Waals surface area contributed by atoms with Gasteiger partial charge in [-0.25, -0.2) is 0 Å². The summed E-state index contributed by atoms with van der Waals surface area (Å²) < 4.78 is 0. The van der Waals surface area contributed by atoms with Crippen LogP contribution >= 0.6 is 11.6 Å². The van der Waals surface area contributed by atoms with Crippen LogP contribution in [-0.2, 0) is 4.79 Å². The van der Waals surface area contributed by atoms with Gasteiger partial charge in [0, 0.05) is 0 Å². The first-order valence-electron chi connectivity index (χ1n) is 3.13. The summed E-state index contributed by atoms with van der Waals surface area (Å²) >= 11 is 5.03. The lowest BCUT2D eigenvalue weighted by molar-refractivity contribution is -0.107. The quantitative estimate of drug-likeness (QED) is 0.338. The number of allylic oxidation sites excluding steroid dienone is 2. The minimum absolute atomic E-state index is 0.383. The maximum atomic E-state index is 10.1. The average Bonchev–Trinajstić information content (AvgIpc) is 1.80. The third-order valence-corrected chi connectivity index (χ3v) is 1.10. The van der Waals surface area contributed by atoms with Gasteiger partial charge in [0.25, 0.3) is 0 Å². The maximum absolute atomic E-state index is 10.1. The first-order chi connectivity index (χ1) is 4.27. The normalized spacial score (nSPS) is 10.4. The lowest BCUT2D eigenvalue weighted by Gasteiger charge is -1.84. The highest BCUT2D eigenvalue weighted by atomic mass is 35.5. The Morgan fingerprint density at radius 3 is 2.78 bits per heavy atom. The van der Waals surface area contributed by atoms with E-state index in [-0.39, 0.29) is 5.24 Å². The molecule has 0 N–H and O–H groups in total. The molecule has 9 heavy (non-hydrogen) atoms. The van der Waals surface area contributed by atoms with Crippen LogP contribution < -0.4 is 0 Å². The smallest absolute Gasteiger partial charge is 0.244 e. The van der Waals surface area contributed by atoms with Crippen molar-refractivity contribution < 1.29 is 4.79 Å². The number of unbranched alkanes of at least 4 members (excludes halogenated alkanes) is 2. The van der Waals surface area contributed by atoms with E-state index in [0.717, 1.165) is 19.3 Å². The second-order valence-corrected chi connectivity index (χ2v) is 2.22. The molecule has 0 heterocycles. The Hall–Kier alpha value is -0.300. The minimum Gasteiger partial charge on any atom is -0.276 e. The first kappa shape index (κ1) is 8.70. The molecule has 0 aromatic rings.